The molecular weight excluding hydrogens is 611 g/mol. The summed E-state index contributed by atoms with van der Waals surface area (Å²) in [6.45, 7) is 9.81. The van der Waals surface area contributed by atoms with Gasteiger partial charge in [-0.25, -0.2) is 31.5 Å². The van der Waals surface area contributed by atoms with Crippen LogP contribution >= 0.6 is 0 Å². The molecule has 14 heteroatoms. The smallest absolute Gasteiger partial charge is 0.497 e. The Morgan fingerprint density at radius 3 is 2.07 bits per heavy atom. The van der Waals surface area contributed by atoms with Gasteiger partial charge in [0.2, 0.25) is 10.0 Å². The first-order valence-corrected chi connectivity index (χ1v) is 15.6. The minimum atomic E-state index is -4.24. The van der Waals surface area contributed by atoms with E-state index in [4.69, 9.17) is 23.7 Å². The number of likely N-dealkylation sites (tertiary alicyclic amines) is 1. The van der Waals surface area contributed by atoms with Gasteiger partial charge in [-0.3, -0.25) is 4.90 Å². The Morgan fingerprint density at radius 1 is 0.933 bits per heavy atom. The van der Waals surface area contributed by atoms with E-state index < -0.39 is 68.4 Å². The van der Waals surface area contributed by atoms with Gasteiger partial charge in [0, 0.05) is 14.1 Å². The summed E-state index contributed by atoms with van der Waals surface area (Å²) in [6, 6.07) is 8.88. The van der Waals surface area contributed by atoms with Gasteiger partial charge >= 0.3 is 18.2 Å². The van der Waals surface area contributed by atoms with Crippen LogP contribution in [0, 0.1) is 5.82 Å². The van der Waals surface area contributed by atoms with E-state index in [1.54, 1.807) is 65.8 Å². The number of nitrogens with zero attached hydrogens (tertiary/aromatic N) is 2. The molecule has 0 spiro atoms. The average molecular weight is 653 g/mol. The van der Waals surface area contributed by atoms with Crippen LogP contribution in [-0.2, 0) is 35.4 Å². The normalized spacial score (nSPS) is 18.8. The van der Waals surface area contributed by atoms with Gasteiger partial charge in [0.1, 0.15) is 27.7 Å². The first-order chi connectivity index (χ1) is 20.7. The van der Waals surface area contributed by atoms with Gasteiger partial charge in [0.25, 0.3) is 0 Å². The predicted molar refractivity (Wildman–Crippen MR) is 161 cm³/mol. The molecule has 3 atom stereocenters. The number of carbonyl (C=O) groups is 3. The molecule has 0 aromatic heterocycles. The Labute approximate surface area is 263 Å². The van der Waals surface area contributed by atoms with Crippen LogP contribution in [0.3, 0.4) is 0 Å². The molecule has 248 valence electrons. The maximum absolute atomic E-state index is 14.6. The van der Waals surface area contributed by atoms with Crippen molar-refractivity contribution in [3.05, 3.63) is 59.4 Å². The van der Waals surface area contributed by atoms with Crippen LogP contribution in [0.25, 0.3) is 0 Å². The third-order valence-corrected chi connectivity index (χ3v) is 8.39. The van der Waals surface area contributed by atoms with Gasteiger partial charge in [-0.15, -0.1) is 0 Å². The molecule has 1 aliphatic heterocycles. The van der Waals surface area contributed by atoms with Gasteiger partial charge in [-0.2, -0.15) is 0 Å². The van der Waals surface area contributed by atoms with Crippen LogP contribution in [-0.4, -0.2) is 93.0 Å². The summed E-state index contributed by atoms with van der Waals surface area (Å²) < 4.78 is 68.4. The zero-order valence-electron chi connectivity index (χ0n) is 27.0. The number of amides is 1. The van der Waals surface area contributed by atoms with E-state index >= 15 is 0 Å². The Hall–Kier alpha value is -3.91. The van der Waals surface area contributed by atoms with Gasteiger partial charge < -0.3 is 23.7 Å². The number of sulfonamides is 1. The fraction of sp³-hybridized carbons (Fsp3) is 0.516. The van der Waals surface area contributed by atoms with Crippen molar-refractivity contribution >= 4 is 28.2 Å². The summed E-state index contributed by atoms with van der Waals surface area (Å²) in [4.78, 5) is 40.3. The van der Waals surface area contributed by atoms with E-state index in [9.17, 15) is 27.2 Å². The molecule has 0 aliphatic carbocycles. The number of ether oxygens (including phenoxy) is 5. The Morgan fingerprint density at radius 2 is 1.53 bits per heavy atom. The zero-order chi connectivity index (χ0) is 33.9. The highest BCUT2D eigenvalue weighted by atomic mass is 32.2. The summed E-state index contributed by atoms with van der Waals surface area (Å²) in [5.41, 5.74) is -1.32. The number of rotatable bonds is 8. The molecule has 2 aromatic carbocycles. The van der Waals surface area contributed by atoms with Crippen LogP contribution in [0.15, 0.2) is 47.4 Å². The van der Waals surface area contributed by atoms with Crippen molar-refractivity contribution in [1.82, 2.24) is 9.21 Å². The molecule has 45 heavy (non-hydrogen) atoms. The molecule has 1 heterocycles. The number of hydrogen-bond donors (Lipinski definition) is 0. The van der Waals surface area contributed by atoms with Crippen molar-refractivity contribution in [2.75, 3.05) is 27.7 Å². The molecule has 1 amide bonds. The molecule has 1 saturated heterocycles. The largest absolute Gasteiger partial charge is 0.509 e. The van der Waals surface area contributed by atoms with Crippen molar-refractivity contribution in [3.63, 3.8) is 0 Å². The molecule has 1 aliphatic rings. The van der Waals surface area contributed by atoms with Gasteiger partial charge in [-0.05, 0) is 83.9 Å². The summed E-state index contributed by atoms with van der Waals surface area (Å²) >= 11 is 0. The van der Waals surface area contributed by atoms with Crippen molar-refractivity contribution in [1.29, 1.82) is 0 Å². The summed E-state index contributed by atoms with van der Waals surface area (Å²) in [7, 11) is -0.266. The lowest BCUT2D eigenvalue weighted by atomic mass is 10.0. The van der Waals surface area contributed by atoms with E-state index in [1.165, 1.54) is 26.1 Å². The highest BCUT2D eigenvalue weighted by Crippen LogP contribution is 2.31. The van der Waals surface area contributed by atoms with Crippen molar-refractivity contribution in [2.45, 2.75) is 82.3 Å². The molecule has 1 fully saturated rings. The summed E-state index contributed by atoms with van der Waals surface area (Å²) in [5.74, 6) is -1.48. The Balaban J connectivity index is 2.06. The molecule has 2 aromatic rings. The maximum Gasteiger partial charge on any atom is 0.509 e. The molecule has 0 N–H and O–H groups in total. The SMILES string of the molecule is COc1ccc(C[C@@H]2[C@H](OC(=O)c3ccc(F)c(S(=O)(=O)N(C)C)c3)[C@@H](OC(=O)OC(C)(C)C)CN2C(=O)OC(C)(C)C)cc1. The molecule has 3 rings (SSSR count). The summed E-state index contributed by atoms with van der Waals surface area (Å²) in [5, 5.41) is 0. The van der Waals surface area contributed by atoms with E-state index in [0.717, 1.165) is 28.1 Å². The van der Waals surface area contributed by atoms with Crippen molar-refractivity contribution < 1.29 is 50.9 Å². The number of benzene rings is 2. The first-order valence-electron chi connectivity index (χ1n) is 14.2. The molecule has 12 nitrogen and oxygen atoms in total. The van der Waals surface area contributed by atoms with E-state index in [1.807, 2.05) is 0 Å². The number of carbonyl (C=O) groups excluding carboxylic acids is 3. The predicted octanol–water partition coefficient (Wildman–Crippen LogP) is 4.79. The number of esters is 1. The highest BCUT2D eigenvalue weighted by molar-refractivity contribution is 7.89. The van der Waals surface area contributed by atoms with Gasteiger partial charge in [0.05, 0.1) is 25.3 Å². The third-order valence-electron chi connectivity index (χ3n) is 6.56. The third kappa shape index (κ3) is 9.30. The molecule has 0 unspecified atom stereocenters. The fourth-order valence-corrected chi connectivity index (χ4v) is 5.47. The Kier molecular flexibility index (Phi) is 10.8. The van der Waals surface area contributed by atoms with Crippen molar-refractivity contribution in [3.8, 4) is 5.75 Å². The monoisotopic (exact) mass is 652 g/mol. The van der Waals surface area contributed by atoms with E-state index in [0.29, 0.717) is 5.75 Å². The number of halogens is 1. The second kappa shape index (κ2) is 13.6. The van der Waals surface area contributed by atoms with E-state index in [-0.39, 0.29) is 18.5 Å². The maximum atomic E-state index is 14.6. The zero-order valence-corrected chi connectivity index (χ0v) is 27.8. The fourth-order valence-electron chi connectivity index (χ4n) is 4.49. The molecule has 0 radical (unpaired) electrons. The lowest BCUT2D eigenvalue weighted by Crippen LogP contribution is -2.45. The van der Waals surface area contributed by atoms with Crippen LogP contribution < -0.4 is 4.74 Å². The van der Waals surface area contributed by atoms with Crippen molar-refractivity contribution in [2.24, 2.45) is 0 Å². The summed E-state index contributed by atoms with van der Waals surface area (Å²) in [6.07, 6.45) is -4.12. The second-order valence-electron chi connectivity index (χ2n) is 12.7. The van der Waals surface area contributed by atoms with Crippen LogP contribution in [0.5, 0.6) is 5.75 Å². The lowest BCUT2D eigenvalue weighted by Gasteiger charge is -2.30. The number of hydrogen-bond acceptors (Lipinski definition) is 10. The minimum absolute atomic E-state index is 0.138. The average Bonchev–Trinajstić information content (AvgIpc) is 3.23. The lowest BCUT2D eigenvalue weighted by molar-refractivity contribution is -0.0564. The topological polar surface area (TPSA) is 138 Å². The van der Waals surface area contributed by atoms with Crippen LogP contribution in [0.2, 0.25) is 0 Å². The standard InChI is InChI=1S/C31H41FN2O10S/c1-30(2,3)43-28(36)34-18-24(41-29(37)44-31(4,5)6)26(23(34)16-19-10-13-21(40-9)14-11-19)42-27(35)20-12-15-22(32)25(17-20)45(38,39)33(7)8/h10-15,17,23-24,26H,16,18H2,1-9H3/t23-,24+,26+/m1/s1. The van der Waals surface area contributed by atoms with Gasteiger partial charge in [0.15, 0.2) is 12.2 Å². The number of methoxy groups -OCH3 is 1. The minimum Gasteiger partial charge on any atom is -0.497 e. The molecule has 0 saturated carbocycles. The van der Waals surface area contributed by atoms with Gasteiger partial charge in [-0.1, -0.05) is 12.1 Å². The van der Waals surface area contributed by atoms with Crippen LogP contribution in [0.1, 0.15) is 57.5 Å². The first kappa shape index (κ1) is 35.6. The molecular formula is C31H41FN2O10S. The van der Waals surface area contributed by atoms with E-state index in [2.05, 4.69) is 0 Å². The Bertz CT molecular complexity index is 1500. The highest BCUT2D eigenvalue weighted by Gasteiger charge is 2.50. The quantitative estimate of drug-likeness (QED) is 0.289. The van der Waals surface area contributed by atoms with Crippen LogP contribution in [0.4, 0.5) is 14.0 Å². The second-order valence-corrected chi connectivity index (χ2v) is 14.8. The molecule has 0 bridgehead atoms.